The second-order valence-electron chi connectivity index (χ2n) is 16.2. The van der Waals surface area contributed by atoms with Crippen molar-refractivity contribution in [2.75, 3.05) is 51.2 Å². The summed E-state index contributed by atoms with van der Waals surface area (Å²) in [5, 5.41) is 0.738. The van der Waals surface area contributed by atoms with E-state index in [-0.39, 0.29) is 29.3 Å². The molecule has 5 aliphatic rings. The number of carbonyl (C=O) groups excluding carboxylic acids is 2. The number of nitrogens with one attached hydrogen (secondary N) is 1. The van der Waals surface area contributed by atoms with Crippen LogP contribution in [0.5, 0.6) is 5.75 Å². The molecule has 13 heteroatoms. The number of fused-ring (bicyclic) bond motifs is 5. The molecule has 1 saturated carbocycles. The zero-order valence-corrected chi connectivity index (χ0v) is 33.4. The van der Waals surface area contributed by atoms with E-state index in [1.54, 1.807) is 32.5 Å². The van der Waals surface area contributed by atoms with E-state index in [0.29, 0.717) is 68.0 Å². The maximum absolute atomic E-state index is 14.8. The topological polar surface area (TPSA) is 121 Å². The number of hydrogen-bond donors (Lipinski definition) is 1. The molecule has 55 heavy (non-hydrogen) atoms. The van der Waals surface area contributed by atoms with E-state index in [9.17, 15) is 13.8 Å². The van der Waals surface area contributed by atoms with Gasteiger partial charge in [0, 0.05) is 55.2 Å². The number of aryl methyl sites for hydroxylation is 1. The first-order valence-electron chi connectivity index (χ1n) is 19.5. The maximum atomic E-state index is 14.8. The molecule has 2 aromatic carbocycles. The Bertz CT molecular complexity index is 2110. The molecule has 1 aromatic heterocycles. The summed E-state index contributed by atoms with van der Waals surface area (Å²) in [4.78, 5) is 30.3. The van der Waals surface area contributed by atoms with Gasteiger partial charge in [0.25, 0.3) is 11.8 Å². The summed E-state index contributed by atoms with van der Waals surface area (Å²) < 4.78 is 47.6. The van der Waals surface area contributed by atoms with Gasteiger partial charge in [0.1, 0.15) is 15.7 Å². The van der Waals surface area contributed by atoms with E-state index in [1.807, 2.05) is 29.7 Å². The number of benzene rings is 2. The highest BCUT2D eigenvalue weighted by atomic mass is 35.5. The van der Waals surface area contributed by atoms with Crippen molar-refractivity contribution >= 4 is 39.0 Å². The molecule has 1 fully saturated rings. The van der Waals surface area contributed by atoms with Crippen LogP contribution in [0.3, 0.4) is 0 Å². The lowest BCUT2D eigenvalue weighted by atomic mass is 9.68. The number of ether oxygens (including phenoxy) is 4. The van der Waals surface area contributed by atoms with Gasteiger partial charge in [-0.15, -0.1) is 4.36 Å². The largest absolute Gasteiger partial charge is 0.490 e. The van der Waals surface area contributed by atoms with Crippen molar-refractivity contribution in [3.05, 3.63) is 93.8 Å². The van der Waals surface area contributed by atoms with Gasteiger partial charge >= 0.3 is 0 Å². The van der Waals surface area contributed by atoms with E-state index in [0.717, 1.165) is 55.1 Å². The third-order valence-electron chi connectivity index (χ3n) is 12.2. The summed E-state index contributed by atoms with van der Waals surface area (Å²) in [7, 11) is -0.177. The van der Waals surface area contributed by atoms with Crippen molar-refractivity contribution in [1.82, 2.24) is 9.29 Å². The molecule has 2 amide bonds. The van der Waals surface area contributed by atoms with Crippen LogP contribution in [0.25, 0.3) is 0 Å². The Hall–Kier alpha value is -3.68. The Morgan fingerprint density at radius 2 is 2.02 bits per heavy atom. The van der Waals surface area contributed by atoms with Crippen LogP contribution in [-0.4, -0.2) is 79.1 Å². The minimum Gasteiger partial charge on any atom is -0.490 e. The number of methoxy groups -OCH3 is 2. The van der Waals surface area contributed by atoms with Gasteiger partial charge in [-0.05, 0) is 104 Å². The summed E-state index contributed by atoms with van der Waals surface area (Å²) in [5.74, 6) is 0.0503. The van der Waals surface area contributed by atoms with Gasteiger partial charge in [-0.3, -0.25) is 14.3 Å². The summed E-state index contributed by atoms with van der Waals surface area (Å²) in [6, 6.07) is 13.3. The quantitative estimate of drug-likeness (QED) is 0.282. The number of rotatable bonds is 5. The normalized spacial score (nSPS) is 31.1. The van der Waals surface area contributed by atoms with Gasteiger partial charge in [-0.25, -0.2) is 4.21 Å². The fraction of sp³-hybridized carbons (Fsp3) is 0.524. The van der Waals surface area contributed by atoms with E-state index >= 15 is 0 Å². The van der Waals surface area contributed by atoms with E-state index < -0.39 is 21.7 Å². The molecule has 1 N–H and O–H groups in total. The molecule has 1 spiro atoms. The van der Waals surface area contributed by atoms with Crippen LogP contribution >= 0.6 is 11.6 Å². The number of nitrogens with zero attached hydrogens (tertiary/aromatic N) is 3. The minimum absolute atomic E-state index is 0.00274. The van der Waals surface area contributed by atoms with Crippen LogP contribution in [-0.2, 0) is 49.1 Å². The number of aromatic nitrogens is 1. The average molecular weight is 791 g/mol. The molecular formula is C42H51ClN4O7S. The lowest BCUT2D eigenvalue weighted by Crippen LogP contribution is -2.49. The molecular weight excluding hydrogens is 740 g/mol. The van der Waals surface area contributed by atoms with Crippen LogP contribution in [0.2, 0.25) is 5.02 Å². The predicted molar refractivity (Wildman–Crippen MR) is 212 cm³/mol. The number of halogens is 1. The first kappa shape index (κ1) is 38.2. The zero-order valence-electron chi connectivity index (χ0n) is 31.8. The van der Waals surface area contributed by atoms with Gasteiger partial charge < -0.3 is 28.4 Å². The molecule has 11 nitrogen and oxygen atoms in total. The Kier molecular flexibility index (Phi) is 10.9. The van der Waals surface area contributed by atoms with Crippen molar-refractivity contribution in [3.63, 3.8) is 0 Å². The van der Waals surface area contributed by atoms with Crippen LogP contribution < -0.4 is 14.4 Å². The van der Waals surface area contributed by atoms with E-state index in [4.69, 9.17) is 30.5 Å². The standard InChI is InChI=1S/C42H51ClN4O7S/c1-27-6-4-8-38(52-3)35-12-9-30(35)19-47-25-42(15-5-7-28-16-32(43)11-13-36(28)42)26-54-39-14-10-29(18-37(39)47)40(48)44-55(50,24-27)45-41(49)31-17-33-22-53-34(23-51-2)21-46(33)20-31/h4,8,10-11,13-14,16-18,20,27,30,34-35,38H,5-7,9,12,15,19,21-26H2,1-3H3,(H,44,45,48,49,50)/b8-4-/t27-,30-,34-,35+,38-,42-,55?/m0/s1. The van der Waals surface area contributed by atoms with Gasteiger partial charge in [-0.2, -0.15) is 0 Å². The van der Waals surface area contributed by atoms with Gasteiger partial charge in [0.15, 0.2) is 0 Å². The minimum atomic E-state index is -3.57. The van der Waals surface area contributed by atoms with Crippen LogP contribution in [0.15, 0.2) is 65.2 Å². The van der Waals surface area contributed by atoms with Crippen LogP contribution in [0.1, 0.15) is 76.6 Å². The van der Waals surface area contributed by atoms with Crippen LogP contribution in [0.4, 0.5) is 5.69 Å². The third kappa shape index (κ3) is 7.85. The lowest BCUT2D eigenvalue weighted by Gasteiger charge is -2.46. The summed E-state index contributed by atoms with van der Waals surface area (Å²) in [6.07, 6.45) is 11.4. The highest BCUT2D eigenvalue weighted by Crippen LogP contribution is 2.47. The molecule has 4 heterocycles. The molecule has 2 bridgehead atoms. The van der Waals surface area contributed by atoms with Crippen molar-refractivity contribution < 1.29 is 32.7 Å². The smallest absolute Gasteiger partial charge is 0.286 e. The third-order valence-corrected chi connectivity index (χ3v) is 14.5. The molecule has 3 aliphatic heterocycles. The number of carbonyl (C=O) groups is 2. The number of anilines is 1. The SMILES string of the molecule is COC[C@@H]1Cn2cc(C(=O)NS3(=O)=NC(=O)c4ccc5c(c4)N(C[C@@H]4CC[C@H]4[C@@H](OC)/C=C\C[C@H](C)C3)C[C@@]3(CCCc4cc(Cl)ccc43)CO5)cc2CO1. The van der Waals surface area contributed by atoms with Gasteiger partial charge in [0.2, 0.25) is 0 Å². The van der Waals surface area contributed by atoms with Crippen LogP contribution in [0, 0.1) is 17.8 Å². The summed E-state index contributed by atoms with van der Waals surface area (Å²) in [6.45, 7) is 5.24. The second-order valence-corrected chi connectivity index (χ2v) is 18.6. The van der Waals surface area contributed by atoms with Crippen molar-refractivity contribution in [1.29, 1.82) is 0 Å². The summed E-state index contributed by atoms with van der Waals surface area (Å²) >= 11 is 6.48. The molecule has 1 unspecified atom stereocenters. The Balaban J connectivity index is 1.16. The van der Waals surface area contributed by atoms with Crippen molar-refractivity contribution in [2.45, 2.75) is 76.2 Å². The second kappa shape index (κ2) is 15.7. The fourth-order valence-electron chi connectivity index (χ4n) is 9.30. The molecule has 7 atom stereocenters. The number of hydrogen-bond acceptors (Lipinski definition) is 8. The van der Waals surface area contributed by atoms with E-state index in [2.05, 4.69) is 38.3 Å². The van der Waals surface area contributed by atoms with Crippen molar-refractivity contribution in [3.8, 4) is 5.75 Å². The summed E-state index contributed by atoms with van der Waals surface area (Å²) in [5.41, 5.74) is 4.54. The molecule has 8 rings (SSSR count). The zero-order chi connectivity index (χ0) is 38.3. The first-order valence-corrected chi connectivity index (χ1v) is 21.5. The molecule has 0 saturated heterocycles. The number of amides is 2. The Morgan fingerprint density at radius 1 is 1.15 bits per heavy atom. The Morgan fingerprint density at radius 3 is 2.82 bits per heavy atom. The highest BCUT2D eigenvalue weighted by molar-refractivity contribution is 7.92. The molecule has 0 radical (unpaired) electrons. The highest BCUT2D eigenvalue weighted by Gasteiger charge is 2.44. The molecule has 3 aromatic rings. The number of allylic oxidation sites excluding steroid dienone is 1. The molecule has 2 aliphatic carbocycles. The Labute approximate surface area is 329 Å². The van der Waals surface area contributed by atoms with Crippen molar-refractivity contribution in [2.24, 2.45) is 22.1 Å². The van der Waals surface area contributed by atoms with Gasteiger partial charge in [0.05, 0.1) is 55.6 Å². The predicted octanol–water partition coefficient (Wildman–Crippen LogP) is 6.75. The maximum Gasteiger partial charge on any atom is 0.286 e. The van der Waals surface area contributed by atoms with Gasteiger partial charge in [-0.1, -0.05) is 36.7 Å². The molecule has 294 valence electrons. The first-order chi connectivity index (χ1) is 26.5. The lowest BCUT2D eigenvalue weighted by molar-refractivity contribution is -0.0382. The average Bonchev–Trinajstić information content (AvgIpc) is 3.51. The monoisotopic (exact) mass is 790 g/mol. The fourth-order valence-corrected chi connectivity index (χ4v) is 11.4. The van der Waals surface area contributed by atoms with E-state index in [1.165, 1.54) is 11.1 Å².